The van der Waals surface area contributed by atoms with Gasteiger partial charge in [0.15, 0.2) is 5.13 Å². The van der Waals surface area contributed by atoms with Gasteiger partial charge in [0.05, 0.1) is 10.7 Å². The number of carbonyl (C=O) groups excluding carboxylic acids is 1. The van der Waals surface area contributed by atoms with Crippen LogP contribution in [0.4, 0.5) is 10.1 Å². The first-order valence-electron chi connectivity index (χ1n) is 5.82. The van der Waals surface area contributed by atoms with E-state index >= 15 is 0 Å². The summed E-state index contributed by atoms with van der Waals surface area (Å²) in [5.41, 5.74) is 0. The Labute approximate surface area is 127 Å². The standard InChI is InChI=1S/C10H11N5O4S2/c1-5(2)8-13-14-10(19-8)20-4-6(16)12-9-11-3-7(21-9)15(17)18/h3,5H,4H2,1-2H3,(H,11,12,16). The van der Waals surface area contributed by atoms with E-state index in [1.54, 1.807) is 0 Å². The summed E-state index contributed by atoms with van der Waals surface area (Å²) in [5, 5.41) is 21.0. The first-order valence-corrected chi connectivity index (χ1v) is 7.62. The Balaban J connectivity index is 1.85. The number of anilines is 1. The molecule has 0 atom stereocenters. The maximum Gasteiger partial charge on any atom is 0.345 e. The highest BCUT2D eigenvalue weighted by atomic mass is 32.2. The van der Waals surface area contributed by atoms with Crippen molar-refractivity contribution in [3.05, 3.63) is 22.2 Å². The first-order chi connectivity index (χ1) is 9.95. The van der Waals surface area contributed by atoms with E-state index in [1.165, 1.54) is 0 Å². The molecule has 0 fully saturated rings. The van der Waals surface area contributed by atoms with E-state index < -0.39 is 4.92 Å². The van der Waals surface area contributed by atoms with Crippen molar-refractivity contribution in [2.75, 3.05) is 11.1 Å². The lowest BCUT2D eigenvalue weighted by molar-refractivity contribution is -0.380. The molecule has 0 saturated heterocycles. The molecular formula is C10H11N5O4S2. The molecule has 0 saturated carbocycles. The second-order valence-electron chi connectivity index (χ2n) is 4.16. The van der Waals surface area contributed by atoms with Gasteiger partial charge in [0.25, 0.3) is 5.22 Å². The molecular weight excluding hydrogens is 318 g/mol. The molecule has 11 heteroatoms. The van der Waals surface area contributed by atoms with E-state index in [0.29, 0.717) is 11.1 Å². The predicted molar refractivity (Wildman–Crippen MR) is 76.5 cm³/mol. The van der Waals surface area contributed by atoms with Crippen molar-refractivity contribution in [1.82, 2.24) is 15.2 Å². The van der Waals surface area contributed by atoms with Crippen LogP contribution >= 0.6 is 23.1 Å². The van der Waals surface area contributed by atoms with Gasteiger partial charge in [-0.2, -0.15) is 0 Å². The molecule has 0 bridgehead atoms. The summed E-state index contributed by atoms with van der Waals surface area (Å²) in [6, 6.07) is 0. The van der Waals surface area contributed by atoms with E-state index in [1.807, 2.05) is 13.8 Å². The third kappa shape index (κ3) is 4.23. The Hall–Kier alpha value is -2.01. The molecule has 9 nitrogen and oxygen atoms in total. The van der Waals surface area contributed by atoms with Gasteiger partial charge in [-0.15, -0.1) is 10.2 Å². The van der Waals surface area contributed by atoms with E-state index in [9.17, 15) is 14.9 Å². The number of thioether (sulfide) groups is 1. The Morgan fingerprint density at radius 3 is 2.90 bits per heavy atom. The second kappa shape index (κ2) is 6.63. The average Bonchev–Trinajstić information content (AvgIpc) is 3.05. The number of nitro groups is 1. The Morgan fingerprint density at radius 1 is 1.57 bits per heavy atom. The van der Waals surface area contributed by atoms with Crippen molar-refractivity contribution in [1.29, 1.82) is 0 Å². The van der Waals surface area contributed by atoms with Gasteiger partial charge in [0.1, 0.15) is 6.20 Å². The van der Waals surface area contributed by atoms with E-state index in [4.69, 9.17) is 4.42 Å². The van der Waals surface area contributed by atoms with Gasteiger partial charge >= 0.3 is 5.00 Å². The molecule has 0 aliphatic rings. The van der Waals surface area contributed by atoms with Crippen LogP contribution in [-0.2, 0) is 4.79 Å². The normalized spacial score (nSPS) is 10.8. The molecule has 0 aliphatic carbocycles. The number of hydrogen-bond donors (Lipinski definition) is 1. The molecule has 2 aromatic rings. The maximum absolute atomic E-state index is 11.7. The molecule has 1 N–H and O–H groups in total. The molecule has 0 aromatic carbocycles. The van der Waals surface area contributed by atoms with Crippen LogP contribution in [0.5, 0.6) is 0 Å². The number of nitrogens with zero attached hydrogens (tertiary/aromatic N) is 4. The number of thiazole rings is 1. The smallest absolute Gasteiger partial charge is 0.345 e. The largest absolute Gasteiger partial charge is 0.416 e. The lowest BCUT2D eigenvalue weighted by atomic mass is 10.2. The number of carbonyl (C=O) groups is 1. The summed E-state index contributed by atoms with van der Waals surface area (Å²) in [7, 11) is 0. The lowest BCUT2D eigenvalue weighted by Crippen LogP contribution is -2.13. The van der Waals surface area contributed by atoms with Gasteiger partial charge in [-0.25, -0.2) is 4.98 Å². The summed E-state index contributed by atoms with van der Waals surface area (Å²) in [5.74, 6) is 0.325. The summed E-state index contributed by atoms with van der Waals surface area (Å²) >= 11 is 1.89. The fraction of sp³-hybridized carbons (Fsp3) is 0.400. The molecule has 0 aliphatic heterocycles. The minimum atomic E-state index is -0.562. The van der Waals surface area contributed by atoms with Crippen LogP contribution in [0.1, 0.15) is 25.7 Å². The lowest BCUT2D eigenvalue weighted by Gasteiger charge is -1.98. The third-order valence-corrected chi connectivity index (χ3v) is 3.85. The molecule has 1 amide bonds. The van der Waals surface area contributed by atoms with Gasteiger partial charge in [-0.05, 0) is 11.3 Å². The van der Waals surface area contributed by atoms with Crippen molar-refractivity contribution < 1.29 is 14.1 Å². The highest BCUT2D eigenvalue weighted by Crippen LogP contribution is 2.25. The van der Waals surface area contributed by atoms with Crippen LogP contribution in [0, 0.1) is 10.1 Å². The SMILES string of the molecule is CC(C)c1nnc(SCC(=O)Nc2ncc([N+](=O)[O-])s2)o1. The third-order valence-electron chi connectivity index (χ3n) is 2.16. The Bertz CT molecular complexity index is 653. The van der Waals surface area contributed by atoms with Gasteiger partial charge in [-0.1, -0.05) is 25.6 Å². The zero-order valence-electron chi connectivity index (χ0n) is 11.1. The van der Waals surface area contributed by atoms with Crippen LogP contribution in [0.15, 0.2) is 15.8 Å². The second-order valence-corrected chi connectivity index (χ2v) is 6.09. The number of amides is 1. The monoisotopic (exact) mass is 329 g/mol. The first kappa shape index (κ1) is 15.4. The van der Waals surface area contributed by atoms with Crippen molar-refractivity contribution in [2.24, 2.45) is 0 Å². The highest BCUT2D eigenvalue weighted by Gasteiger charge is 2.15. The number of aromatic nitrogens is 3. The molecule has 2 heterocycles. The highest BCUT2D eigenvalue weighted by molar-refractivity contribution is 7.99. The van der Waals surface area contributed by atoms with Crippen molar-refractivity contribution in [3.8, 4) is 0 Å². The molecule has 21 heavy (non-hydrogen) atoms. The van der Waals surface area contributed by atoms with Crippen LogP contribution in [0.3, 0.4) is 0 Å². The quantitative estimate of drug-likeness (QED) is 0.486. The molecule has 0 radical (unpaired) electrons. The molecule has 2 aromatic heterocycles. The topological polar surface area (TPSA) is 124 Å². The van der Waals surface area contributed by atoms with Gasteiger partial charge in [-0.3, -0.25) is 14.9 Å². The Morgan fingerprint density at radius 2 is 2.33 bits per heavy atom. The average molecular weight is 329 g/mol. The van der Waals surface area contributed by atoms with Crippen LogP contribution in [0.2, 0.25) is 0 Å². The maximum atomic E-state index is 11.7. The predicted octanol–water partition coefficient (Wildman–Crippen LogP) is 2.29. The minimum absolute atomic E-state index is 0.0487. The van der Waals surface area contributed by atoms with Crippen molar-refractivity contribution in [3.63, 3.8) is 0 Å². The number of nitrogens with one attached hydrogen (secondary N) is 1. The summed E-state index contributed by atoms with van der Waals surface area (Å²) in [6.07, 6.45) is 1.10. The zero-order chi connectivity index (χ0) is 15.4. The summed E-state index contributed by atoms with van der Waals surface area (Å²) in [6.45, 7) is 3.84. The number of hydrogen-bond acceptors (Lipinski definition) is 9. The number of rotatable bonds is 6. The molecule has 0 spiro atoms. The van der Waals surface area contributed by atoms with E-state index in [0.717, 1.165) is 29.3 Å². The van der Waals surface area contributed by atoms with Gasteiger partial charge < -0.3 is 9.73 Å². The van der Waals surface area contributed by atoms with Crippen molar-refractivity contribution in [2.45, 2.75) is 25.0 Å². The molecule has 112 valence electrons. The van der Waals surface area contributed by atoms with Gasteiger partial charge in [0.2, 0.25) is 11.8 Å². The Kier molecular flexibility index (Phi) is 4.85. The summed E-state index contributed by atoms with van der Waals surface area (Å²) < 4.78 is 5.34. The summed E-state index contributed by atoms with van der Waals surface area (Å²) in [4.78, 5) is 25.4. The minimum Gasteiger partial charge on any atom is -0.416 e. The molecule has 2 rings (SSSR count). The fourth-order valence-electron chi connectivity index (χ4n) is 1.20. The van der Waals surface area contributed by atoms with Crippen molar-refractivity contribution >= 4 is 39.1 Å². The molecule has 0 unspecified atom stereocenters. The van der Waals surface area contributed by atoms with E-state index in [2.05, 4.69) is 20.5 Å². The zero-order valence-corrected chi connectivity index (χ0v) is 12.7. The van der Waals surface area contributed by atoms with Crippen LogP contribution in [-0.4, -0.2) is 31.8 Å². The fourth-order valence-corrected chi connectivity index (χ4v) is 2.42. The van der Waals surface area contributed by atoms with Gasteiger partial charge in [0, 0.05) is 5.92 Å². The van der Waals surface area contributed by atoms with E-state index in [-0.39, 0.29) is 27.7 Å². The van der Waals surface area contributed by atoms with Crippen LogP contribution in [0.25, 0.3) is 0 Å². The van der Waals surface area contributed by atoms with Crippen LogP contribution < -0.4 is 5.32 Å².